The fraction of sp³-hybridized carbons (Fsp3) is 0.462. The molecule has 1 aromatic rings. The zero-order valence-corrected chi connectivity index (χ0v) is 10.9. The van der Waals surface area contributed by atoms with Gasteiger partial charge in [-0.2, -0.15) is 0 Å². The zero-order valence-electron chi connectivity index (χ0n) is 10.1. The number of nitrogens with one attached hydrogen (secondary N) is 1. The van der Waals surface area contributed by atoms with Gasteiger partial charge in [-0.1, -0.05) is 11.8 Å². The first kappa shape index (κ1) is 13.1. The number of nitrogens with two attached hydrogens (primary N) is 1. The Morgan fingerprint density at radius 1 is 1.67 bits per heavy atom. The third-order valence-electron chi connectivity index (χ3n) is 2.72. The Hall–Kier alpha value is -1.35. The Morgan fingerprint density at radius 3 is 3.28 bits per heavy atom. The van der Waals surface area contributed by atoms with Crippen LogP contribution in [-0.2, 0) is 16.1 Å². The molecule has 1 unspecified atom stereocenters. The Morgan fingerprint density at radius 2 is 2.56 bits per heavy atom. The molecule has 2 rings (SSSR count). The third-order valence-corrected chi connectivity index (χ3v) is 3.64. The minimum atomic E-state index is -0.275. The van der Waals surface area contributed by atoms with Crippen LogP contribution in [-0.4, -0.2) is 25.2 Å². The second-order valence-corrected chi connectivity index (χ2v) is 4.98. The second kappa shape index (κ2) is 6.55. The molecule has 96 valence electrons. The van der Waals surface area contributed by atoms with Crippen LogP contribution in [0.3, 0.4) is 0 Å². The van der Waals surface area contributed by atoms with Gasteiger partial charge >= 0.3 is 0 Å². The van der Waals surface area contributed by atoms with Crippen LogP contribution in [0.5, 0.6) is 0 Å². The summed E-state index contributed by atoms with van der Waals surface area (Å²) >= 11 is 1.59. The molecule has 0 bridgehead atoms. The Kier molecular flexibility index (Phi) is 4.76. The predicted octanol–water partition coefficient (Wildman–Crippen LogP) is 0.853. The number of carbonyl (C=O) groups is 1. The van der Waals surface area contributed by atoms with E-state index in [1.165, 1.54) is 0 Å². The summed E-state index contributed by atoms with van der Waals surface area (Å²) in [5.74, 6) is 5.79. The predicted molar refractivity (Wildman–Crippen MR) is 71.1 cm³/mol. The van der Waals surface area contributed by atoms with E-state index in [1.54, 1.807) is 11.3 Å². The maximum atomic E-state index is 11.8. The van der Waals surface area contributed by atoms with E-state index in [0.29, 0.717) is 19.7 Å². The van der Waals surface area contributed by atoms with Crippen molar-refractivity contribution in [1.29, 1.82) is 0 Å². The van der Waals surface area contributed by atoms with Crippen LogP contribution >= 0.6 is 11.3 Å². The summed E-state index contributed by atoms with van der Waals surface area (Å²) < 4.78 is 5.33. The lowest BCUT2D eigenvalue weighted by atomic mass is 10.2. The van der Waals surface area contributed by atoms with Crippen molar-refractivity contribution in [3.05, 3.63) is 21.9 Å². The molecule has 1 aliphatic rings. The van der Waals surface area contributed by atoms with Gasteiger partial charge in [0.25, 0.3) is 0 Å². The highest BCUT2D eigenvalue weighted by atomic mass is 32.1. The maximum absolute atomic E-state index is 11.8. The molecule has 1 aliphatic heterocycles. The topological polar surface area (TPSA) is 64.3 Å². The highest BCUT2D eigenvalue weighted by Gasteiger charge is 2.23. The van der Waals surface area contributed by atoms with Crippen LogP contribution in [0.1, 0.15) is 23.3 Å². The number of amides is 1. The van der Waals surface area contributed by atoms with Gasteiger partial charge in [0.2, 0.25) is 5.91 Å². The molecule has 0 radical (unpaired) electrons. The largest absolute Gasteiger partial charge is 0.368 e. The standard InChI is InChI=1S/C13H16N2O2S/c14-6-1-3-10-5-8-18-12(10)9-15-13(16)11-4-2-7-17-11/h5,8,11H,2,4,6-7,9,14H2,(H,15,16). The van der Waals surface area contributed by atoms with E-state index in [9.17, 15) is 4.79 Å². The molecule has 1 atom stereocenters. The SMILES string of the molecule is NCC#Cc1ccsc1CNC(=O)C1CCCO1. The summed E-state index contributed by atoms with van der Waals surface area (Å²) in [4.78, 5) is 12.8. The molecule has 0 aromatic carbocycles. The van der Waals surface area contributed by atoms with Gasteiger partial charge in [0.15, 0.2) is 0 Å². The van der Waals surface area contributed by atoms with Crippen LogP contribution in [0.15, 0.2) is 11.4 Å². The van der Waals surface area contributed by atoms with Crippen molar-refractivity contribution in [2.45, 2.75) is 25.5 Å². The van der Waals surface area contributed by atoms with Gasteiger partial charge in [0, 0.05) is 17.0 Å². The number of thiophene rings is 1. The molecule has 2 heterocycles. The summed E-state index contributed by atoms with van der Waals surface area (Å²) in [6.45, 7) is 1.53. The van der Waals surface area contributed by atoms with Gasteiger partial charge < -0.3 is 15.8 Å². The Labute approximate surface area is 111 Å². The number of ether oxygens (including phenoxy) is 1. The Bertz CT molecular complexity index is 467. The normalized spacial score (nSPS) is 18.2. The number of carbonyl (C=O) groups excluding carboxylic acids is 1. The molecule has 18 heavy (non-hydrogen) atoms. The van der Waals surface area contributed by atoms with Crippen molar-refractivity contribution < 1.29 is 9.53 Å². The lowest BCUT2D eigenvalue weighted by Crippen LogP contribution is -2.33. The minimum absolute atomic E-state index is 0.0290. The molecule has 1 aromatic heterocycles. The second-order valence-electron chi connectivity index (χ2n) is 3.98. The van der Waals surface area contributed by atoms with E-state index < -0.39 is 0 Å². The summed E-state index contributed by atoms with van der Waals surface area (Å²) in [6, 6.07) is 1.95. The van der Waals surface area contributed by atoms with Gasteiger partial charge in [-0.05, 0) is 24.3 Å². The smallest absolute Gasteiger partial charge is 0.249 e. The van der Waals surface area contributed by atoms with Crippen molar-refractivity contribution in [1.82, 2.24) is 5.32 Å². The van der Waals surface area contributed by atoms with Crippen LogP contribution in [0, 0.1) is 11.8 Å². The molecule has 0 saturated carbocycles. The van der Waals surface area contributed by atoms with Crippen LogP contribution in [0.4, 0.5) is 0 Å². The van der Waals surface area contributed by atoms with E-state index >= 15 is 0 Å². The van der Waals surface area contributed by atoms with Crippen molar-refractivity contribution in [2.24, 2.45) is 5.73 Å². The van der Waals surface area contributed by atoms with Crippen LogP contribution < -0.4 is 11.1 Å². The van der Waals surface area contributed by atoms with Crippen LogP contribution in [0.25, 0.3) is 0 Å². The summed E-state index contributed by atoms with van der Waals surface area (Å²) in [5, 5.41) is 4.86. The number of hydrogen-bond donors (Lipinski definition) is 2. The third kappa shape index (κ3) is 3.33. The van der Waals surface area contributed by atoms with E-state index in [4.69, 9.17) is 10.5 Å². The van der Waals surface area contributed by atoms with E-state index in [0.717, 1.165) is 23.3 Å². The molecule has 5 heteroatoms. The monoisotopic (exact) mass is 264 g/mol. The van der Waals surface area contributed by atoms with Gasteiger partial charge in [0.1, 0.15) is 6.10 Å². The first-order valence-electron chi connectivity index (χ1n) is 5.96. The summed E-state index contributed by atoms with van der Waals surface area (Å²) in [5.41, 5.74) is 6.29. The van der Waals surface area contributed by atoms with Crippen LogP contribution in [0.2, 0.25) is 0 Å². The van der Waals surface area contributed by atoms with E-state index in [2.05, 4.69) is 17.2 Å². The van der Waals surface area contributed by atoms with Gasteiger partial charge in [-0.3, -0.25) is 4.79 Å². The molecule has 1 saturated heterocycles. The molecule has 4 nitrogen and oxygen atoms in total. The Balaban J connectivity index is 1.89. The van der Waals surface area contributed by atoms with Crippen molar-refractivity contribution in [3.8, 4) is 11.8 Å². The zero-order chi connectivity index (χ0) is 12.8. The van der Waals surface area contributed by atoms with Gasteiger partial charge in [-0.15, -0.1) is 11.3 Å². The number of rotatable bonds is 3. The molecular formula is C13H16N2O2S. The highest BCUT2D eigenvalue weighted by molar-refractivity contribution is 7.10. The summed E-state index contributed by atoms with van der Waals surface area (Å²) in [6.07, 6.45) is 1.50. The molecule has 1 amide bonds. The maximum Gasteiger partial charge on any atom is 0.249 e. The van der Waals surface area contributed by atoms with Crippen molar-refractivity contribution in [3.63, 3.8) is 0 Å². The minimum Gasteiger partial charge on any atom is -0.368 e. The average molecular weight is 264 g/mol. The molecule has 1 fully saturated rings. The van der Waals surface area contributed by atoms with Crippen molar-refractivity contribution >= 4 is 17.2 Å². The molecule has 3 N–H and O–H groups in total. The first-order chi connectivity index (χ1) is 8.81. The molecule has 0 aliphatic carbocycles. The van der Waals surface area contributed by atoms with Crippen molar-refractivity contribution in [2.75, 3.05) is 13.2 Å². The van der Waals surface area contributed by atoms with Gasteiger partial charge in [-0.25, -0.2) is 0 Å². The number of hydrogen-bond acceptors (Lipinski definition) is 4. The molecular weight excluding hydrogens is 248 g/mol. The summed E-state index contributed by atoms with van der Waals surface area (Å²) in [7, 11) is 0. The van der Waals surface area contributed by atoms with Gasteiger partial charge in [0.05, 0.1) is 13.1 Å². The fourth-order valence-corrected chi connectivity index (χ4v) is 2.57. The molecule has 0 spiro atoms. The van der Waals surface area contributed by atoms with E-state index in [-0.39, 0.29) is 12.0 Å². The lowest BCUT2D eigenvalue weighted by molar-refractivity contribution is -0.130. The van der Waals surface area contributed by atoms with E-state index in [1.807, 2.05) is 11.4 Å². The quantitative estimate of drug-likeness (QED) is 0.796. The fourth-order valence-electron chi connectivity index (χ4n) is 1.80. The average Bonchev–Trinajstić information content (AvgIpc) is 3.04. The lowest BCUT2D eigenvalue weighted by Gasteiger charge is -2.09. The first-order valence-corrected chi connectivity index (χ1v) is 6.84. The highest BCUT2D eigenvalue weighted by Crippen LogP contribution is 2.16.